The third-order valence-corrected chi connectivity index (χ3v) is 6.53. The highest BCUT2D eigenvalue weighted by Gasteiger charge is 2.23. The first-order valence-corrected chi connectivity index (χ1v) is 13.1. The van der Waals surface area contributed by atoms with E-state index in [1.807, 2.05) is 18.2 Å². The zero-order chi connectivity index (χ0) is 21.4. The number of benzene rings is 1. The molecular formula is C22H36N4O3S. The van der Waals surface area contributed by atoms with E-state index in [1.165, 1.54) is 19.1 Å². The van der Waals surface area contributed by atoms with Gasteiger partial charge in [0.15, 0.2) is 5.96 Å². The van der Waals surface area contributed by atoms with Crippen LogP contribution in [0.5, 0.6) is 5.75 Å². The number of hydrogen-bond acceptors (Lipinski definition) is 5. The van der Waals surface area contributed by atoms with Crippen molar-refractivity contribution in [1.82, 2.24) is 15.5 Å². The van der Waals surface area contributed by atoms with Gasteiger partial charge in [0.25, 0.3) is 0 Å². The van der Waals surface area contributed by atoms with Crippen molar-refractivity contribution in [3.8, 4) is 5.75 Å². The predicted octanol–water partition coefficient (Wildman–Crippen LogP) is 2.04. The standard InChI is InChI=1S/C22H36N4O3S/c1-3-23-22(25-20-10-12-26(13-11-20)14-15-30(2,27)28)24-16-19-6-4-5-7-21(19)29-17-18-8-9-18/h4-7,18,20H,3,8-17H2,1-2H3,(H2,23,24,25). The van der Waals surface area contributed by atoms with E-state index in [0.29, 0.717) is 19.1 Å². The largest absolute Gasteiger partial charge is 0.493 e. The summed E-state index contributed by atoms with van der Waals surface area (Å²) in [4.78, 5) is 7.02. The Morgan fingerprint density at radius 1 is 1.20 bits per heavy atom. The highest BCUT2D eigenvalue weighted by Crippen LogP contribution is 2.30. The van der Waals surface area contributed by atoms with Gasteiger partial charge in [-0.15, -0.1) is 0 Å². The van der Waals surface area contributed by atoms with Gasteiger partial charge in [0, 0.05) is 44.0 Å². The SMILES string of the molecule is CCNC(=NCc1ccccc1OCC1CC1)NC1CCN(CCS(C)(=O)=O)CC1. The summed E-state index contributed by atoms with van der Waals surface area (Å²) in [6.07, 6.45) is 5.82. The quantitative estimate of drug-likeness (QED) is 0.431. The van der Waals surface area contributed by atoms with Crippen molar-refractivity contribution >= 4 is 15.8 Å². The molecule has 2 N–H and O–H groups in total. The first-order valence-electron chi connectivity index (χ1n) is 11.1. The van der Waals surface area contributed by atoms with Crippen molar-refractivity contribution in [2.75, 3.05) is 44.8 Å². The van der Waals surface area contributed by atoms with E-state index in [2.05, 4.69) is 28.5 Å². The Hall–Kier alpha value is -1.80. The molecule has 1 aromatic carbocycles. The van der Waals surface area contributed by atoms with E-state index in [4.69, 9.17) is 9.73 Å². The molecule has 2 aliphatic rings. The number of likely N-dealkylation sites (tertiary alicyclic amines) is 1. The average molecular weight is 437 g/mol. The Labute approximate surface area is 181 Å². The van der Waals surface area contributed by atoms with Crippen molar-refractivity contribution < 1.29 is 13.2 Å². The Morgan fingerprint density at radius 3 is 2.60 bits per heavy atom. The van der Waals surface area contributed by atoms with Gasteiger partial charge in [0.2, 0.25) is 0 Å². The van der Waals surface area contributed by atoms with Crippen LogP contribution in [-0.4, -0.2) is 70.1 Å². The van der Waals surface area contributed by atoms with E-state index in [1.54, 1.807) is 0 Å². The van der Waals surface area contributed by atoms with Crippen LogP contribution in [0.3, 0.4) is 0 Å². The van der Waals surface area contributed by atoms with Gasteiger partial charge in [-0.2, -0.15) is 0 Å². The number of sulfone groups is 1. The number of rotatable bonds is 10. The van der Waals surface area contributed by atoms with Crippen LogP contribution in [0.15, 0.2) is 29.3 Å². The zero-order valence-electron chi connectivity index (χ0n) is 18.3. The maximum atomic E-state index is 11.4. The number of aliphatic imine (C=N–C) groups is 1. The second kappa shape index (κ2) is 11.0. The van der Waals surface area contributed by atoms with Crippen LogP contribution in [0.2, 0.25) is 0 Å². The molecular weight excluding hydrogens is 400 g/mol. The lowest BCUT2D eigenvalue weighted by atomic mass is 10.1. The molecule has 30 heavy (non-hydrogen) atoms. The molecule has 0 spiro atoms. The molecule has 0 atom stereocenters. The fourth-order valence-corrected chi connectivity index (χ4v) is 4.13. The Balaban J connectivity index is 1.50. The molecule has 1 aliphatic carbocycles. The zero-order valence-corrected chi connectivity index (χ0v) is 19.1. The lowest BCUT2D eigenvalue weighted by Gasteiger charge is -2.32. The highest BCUT2D eigenvalue weighted by molar-refractivity contribution is 7.90. The lowest BCUT2D eigenvalue weighted by Crippen LogP contribution is -2.49. The summed E-state index contributed by atoms with van der Waals surface area (Å²) in [6.45, 7) is 6.68. The van der Waals surface area contributed by atoms with E-state index in [9.17, 15) is 8.42 Å². The van der Waals surface area contributed by atoms with Crippen LogP contribution < -0.4 is 15.4 Å². The third kappa shape index (κ3) is 8.14. The number of piperidine rings is 1. The number of nitrogens with one attached hydrogen (secondary N) is 2. The molecule has 1 saturated carbocycles. The summed E-state index contributed by atoms with van der Waals surface area (Å²) in [6, 6.07) is 8.49. The predicted molar refractivity (Wildman–Crippen MR) is 122 cm³/mol. The Morgan fingerprint density at radius 2 is 1.93 bits per heavy atom. The third-order valence-electron chi connectivity index (χ3n) is 5.60. The van der Waals surface area contributed by atoms with Crippen molar-refractivity contribution in [2.45, 2.75) is 45.2 Å². The minimum atomic E-state index is -2.90. The summed E-state index contributed by atoms with van der Waals surface area (Å²) < 4.78 is 28.8. The van der Waals surface area contributed by atoms with Gasteiger partial charge in [-0.05, 0) is 44.6 Å². The molecule has 8 heteroatoms. The molecule has 0 unspecified atom stereocenters. The summed E-state index contributed by atoms with van der Waals surface area (Å²) in [5.41, 5.74) is 1.10. The smallest absolute Gasteiger partial charge is 0.191 e. The number of hydrogen-bond donors (Lipinski definition) is 2. The van der Waals surface area contributed by atoms with Gasteiger partial charge in [-0.1, -0.05) is 18.2 Å². The van der Waals surface area contributed by atoms with Crippen LogP contribution in [0.1, 0.15) is 38.2 Å². The molecule has 0 amide bonds. The molecule has 1 aliphatic heterocycles. The number of guanidine groups is 1. The topological polar surface area (TPSA) is 83.0 Å². The number of para-hydroxylation sites is 1. The van der Waals surface area contributed by atoms with Gasteiger partial charge in [-0.3, -0.25) is 0 Å². The van der Waals surface area contributed by atoms with Crippen LogP contribution in [-0.2, 0) is 16.4 Å². The second-order valence-electron chi connectivity index (χ2n) is 8.45. The maximum Gasteiger partial charge on any atom is 0.191 e. The fourth-order valence-electron chi connectivity index (χ4n) is 3.54. The Bertz CT molecular complexity index is 800. The summed E-state index contributed by atoms with van der Waals surface area (Å²) in [5.74, 6) is 2.72. The molecule has 3 rings (SSSR count). The van der Waals surface area contributed by atoms with Crippen LogP contribution in [0, 0.1) is 5.92 Å². The van der Waals surface area contributed by atoms with E-state index < -0.39 is 9.84 Å². The first kappa shape index (κ1) is 22.9. The second-order valence-corrected chi connectivity index (χ2v) is 10.7. The van der Waals surface area contributed by atoms with Gasteiger partial charge < -0.3 is 20.3 Å². The molecule has 0 aromatic heterocycles. The van der Waals surface area contributed by atoms with Crippen LogP contribution in [0.25, 0.3) is 0 Å². The van der Waals surface area contributed by atoms with Gasteiger partial charge in [0.05, 0.1) is 18.9 Å². The average Bonchev–Trinajstić information content (AvgIpc) is 3.55. The van der Waals surface area contributed by atoms with E-state index in [-0.39, 0.29) is 5.75 Å². The van der Waals surface area contributed by atoms with E-state index >= 15 is 0 Å². The summed E-state index contributed by atoms with van der Waals surface area (Å²) in [7, 11) is -2.90. The fraction of sp³-hybridized carbons (Fsp3) is 0.682. The molecule has 1 heterocycles. The van der Waals surface area contributed by atoms with Gasteiger partial charge in [-0.25, -0.2) is 13.4 Å². The summed E-state index contributed by atoms with van der Waals surface area (Å²) in [5, 5.41) is 6.89. The minimum Gasteiger partial charge on any atom is -0.493 e. The Kier molecular flexibility index (Phi) is 8.39. The maximum absolute atomic E-state index is 11.4. The van der Waals surface area contributed by atoms with Gasteiger partial charge in [0.1, 0.15) is 15.6 Å². The number of nitrogens with zero attached hydrogens (tertiary/aromatic N) is 2. The van der Waals surface area contributed by atoms with Crippen molar-refractivity contribution in [2.24, 2.45) is 10.9 Å². The molecule has 1 saturated heterocycles. The van der Waals surface area contributed by atoms with Crippen molar-refractivity contribution in [3.63, 3.8) is 0 Å². The minimum absolute atomic E-state index is 0.234. The number of ether oxygens (including phenoxy) is 1. The van der Waals surface area contributed by atoms with E-state index in [0.717, 1.165) is 62.3 Å². The van der Waals surface area contributed by atoms with Crippen molar-refractivity contribution in [1.29, 1.82) is 0 Å². The first-order chi connectivity index (χ1) is 14.4. The van der Waals surface area contributed by atoms with Crippen molar-refractivity contribution in [3.05, 3.63) is 29.8 Å². The molecule has 1 aromatic rings. The highest BCUT2D eigenvalue weighted by atomic mass is 32.2. The van der Waals surface area contributed by atoms with Crippen LogP contribution >= 0.6 is 0 Å². The van der Waals surface area contributed by atoms with Crippen LogP contribution in [0.4, 0.5) is 0 Å². The molecule has 7 nitrogen and oxygen atoms in total. The molecule has 0 bridgehead atoms. The molecule has 168 valence electrons. The monoisotopic (exact) mass is 436 g/mol. The summed E-state index contributed by atoms with van der Waals surface area (Å²) >= 11 is 0. The van der Waals surface area contributed by atoms with Gasteiger partial charge >= 0.3 is 0 Å². The normalized spacial score (nSPS) is 18.9. The molecule has 2 fully saturated rings. The lowest BCUT2D eigenvalue weighted by molar-refractivity contribution is 0.216. The molecule has 0 radical (unpaired) electrons.